The Morgan fingerprint density at radius 3 is 2.73 bits per heavy atom. The van der Waals surface area contributed by atoms with Crippen LogP contribution in [0, 0.1) is 0 Å². The van der Waals surface area contributed by atoms with Crippen molar-refractivity contribution < 1.29 is 29.6 Å². The number of nitrogens with zero attached hydrogens (tertiary/aromatic N) is 1. The molecule has 1 fully saturated rings. The van der Waals surface area contributed by atoms with E-state index in [0.29, 0.717) is 11.0 Å². The Balaban J connectivity index is 2.41. The zero-order chi connectivity index (χ0) is 16.5. The van der Waals surface area contributed by atoms with E-state index in [1.807, 2.05) is 0 Å². The average Bonchev–Trinajstić information content (AvgIpc) is 3.05. The quantitative estimate of drug-likeness (QED) is 0.425. The maximum absolute atomic E-state index is 12.3. The summed E-state index contributed by atoms with van der Waals surface area (Å²) in [5.41, 5.74) is 3.02. The van der Waals surface area contributed by atoms with Gasteiger partial charge in [0.05, 0.1) is 0 Å². The number of primary amides is 1. The SMILES string of the molecule is CCCC(=O)[C@@]1(O)[C@H](O)[C@@H](CO)O[C@H]1c1nc(C(N)=O)c[se]1. The van der Waals surface area contributed by atoms with E-state index in [4.69, 9.17) is 10.5 Å². The first-order valence-electron chi connectivity index (χ1n) is 6.81. The van der Waals surface area contributed by atoms with Gasteiger partial charge in [0.1, 0.15) is 0 Å². The van der Waals surface area contributed by atoms with Gasteiger partial charge in [-0.25, -0.2) is 0 Å². The molecule has 1 saturated heterocycles. The maximum atomic E-state index is 12.3. The number of amides is 1. The van der Waals surface area contributed by atoms with Gasteiger partial charge in [-0.05, 0) is 0 Å². The van der Waals surface area contributed by atoms with E-state index in [9.17, 15) is 24.9 Å². The van der Waals surface area contributed by atoms with E-state index in [1.165, 1.54) is 4.94 Å². The summed E-state index contributed by atoms with van der Waals surface area (Å²) in [6.07, 6.45) is -3.29. The van der Waals surface area contributed by atoms with Crippen LogP contribution in [0.15, 0.2) is 4.94 Å². The molecule has 2 heterocycles. The number of ether oxygens (including phenoxy) is 1. The van der Waals surface area contributed by atoms with E-state index in [0.717, 1.165) is 0 Å². The van der Waals surface area contributed by atoms with Gasteiger partial charge in [0.2, 0.25) is 0 Å². The molecule has 1 aromatic rings. The third-order valence-electron chi connectivity index (χ3n) is 3.62. The predicted molar refractivity (Wildman–Crippen MR) is 75.3 cm³/mol. The molecule has 9 heteroatoms. The van der Waals surface area contributed by atoms with Gasteiger partial charge in [-0.3, -0.25) is 0 Å². The monoisotopic (exact) mass is 378 g/mol. The summed E-state index contributed by atoms with van der Waals surface area (Å²) in [6, 6.07) is 0. The van der Waals surface area contributed by atoms with E-state index in [1.54, 1.807) is 6.92 Å². The Hall–Kier alpha value is -1.09. The molecule has 0 aromatic carbocycles. The van der Waals surface area contributed by atoms with Crippen LogP contribution in [0.2, 0.25) is 0 Å². The predicted octanol–water partition coefficient (Wildman–Crippen LogP) is -1.87. The van der Waals surface area contributed by atoms with Crippen molar-refractivity contribution in [1.29, 1.82) is 0 Å². The van der Waals surface area contributed by atoms with Gasteiger partial charge in [0.25, 0.3) is 0 Å². The van der Waals surface area contributed by atoms with Crippen LogP contribution in [-0.2, 0) is 9.53 Å². The summed E-state index contributed by atoms with van der Waals surface area (Å²) in [7, 11) is 0. The topological polar surface area (TPSA) is 143 Å². The third kappa shape index (κ3) is 2.76. The van der Waals surface area contributed by atoms with Crippen LogP contribution >= 0.6 is 0 Å². The minimum atomic E-state index is -2.18. The van der Waals surface area contributed by atoms with E-state index in [2.05, 4.69) is 4.98 Å². The van der Waals surface area contributed by atoms with Crippen molar-refractivity contribution in [2.24, 2.45) is 5.73 Å². The number of nitrogens with two attached hydrogens (primary N) is 1. The van der Waals surface area contributed by atoms with Crippen molar-refractivity contribution in [3.63, 3.8) is 0 Å². The second kappa shape index (κ2) is 6.57. The number of carbonyl (C=O) groups excluding carboxylic acids is 2. The second-order valence-corrected chi connectivity index (χ2v) is 6.98. The molecule has 8 nitrogen and oxygen atoms in total. The van der Waals surface area contributed by atoms with Gasteiger partial charge in [0.15, 0.2) is 0 Å². The molecule has 0 radical (unpaired) electrons. The van der Waals surface area contributed by atoms with E-state index < -0.39 is 56.7 Å². The summed E-state index contributed by atoms with van der Waals surface area (Å²) < 4.78 is 5.74. The first-order valence-corrected chi connectivity index (χ1v) is 8.66. The van der Waals surface area contributed by atoms with Gasteiger partial charge in [0, 0.05) is 0 Å². The van der Waals surface area contributed by atoms with Gasteiger partial charge >= 0.3 is 132 Å². The fourth-order valence-electron chi connectivity index (χ4n) is 2.44. The van der Waals surface area contributed by atoms with Gasteiger partial charge < -0.3 is 0 Å². The number of hydrogen-bond donors (Lipinski definition) is 4. The van der Waals surface area contributed by atoms with E-state index in [-0.39, 0.29) is 12.1 Å². The summed E-state index contributed by atoms with van der Waals surface area (Å²) in [5.74, 6) is -1.29. The number of aromatic nitrogens is 1. The van der Waals surface area contributed by atoms with Crippen LogP contribution in [0.25, 0.3) is 0 Å². The van der Waals surface area contributed by atoms with Crippen molar-refractivity contribution in [1.82, 2.24) is 4.98 Å². The van der Waals surface area contributed by atoms with Crippen molar-refractivity contribution >= 4 is 26.2 Å². The van der Waals surface area contributed by atoms with Crippen LogP contribution < -0.4 is 5.73 Å². The Labute approximate surface area is 132 Å². The molecular weight excluding hydrogens is 359 g/mol. The standard InChI is InChI=1S/C13H18N2O6Se/c1-2-3-8(17)13(20)9(18)7(4-16)21-10(13)12-15-6(5-22-12)11(14)19/h5,7,9-10,16,18,20H,2-4H2,1H3,(H2,14,19)/t7-,9-,10+,13-/m1/s1. The average molecular weight is 377 g/mol. The molecule has 5 N–H and O–H groups in total. The number of carbonyl (C=O) groups is 2. The fourth-order valence-corrected chi connectivity index (χ4v) is 4.35. The number of aliphatic hydroxyl groups excluding tert-OH is 2. The summed E-state index contributed by atoms with van der Waals surface area (Å²) >= 11 is -0.431. The van der Waals surface area contributed by atoms with Crippen molar-refractivity contribution in [2.75, 3.05) is 6.61 Å². The molecule has 22 heavy (non-hydrogen) atoms. The Morgan fingerprint density at radius 2 is 2.23 bits per heavy atom. The second-order valence-electron chi connectivity index (χ2n) is 5.12. The number of Topliss-reactive ketones (excluding diaryl/α,β-unsaturated/α-hetero) is 1. The molecule has 1 aromatic heterocycles. The van der Waals surface area contributed by atoms with Crippen LogP contribution in [0.5, 0.6) is 0 Å². The molecule has 1 aliphatic rings. The van der Waals surface area contributed by atoms with Crippen molar-refractivity contribution in [3.8, 4) is 0 Å². The number of ketones is 1. The zero-order valence-corrected chi connectivity index (χ0v) is 13.6. The summed E-state index contributed by atoms with van der Waals surface area (Å²) in [4.78, 5) is 29.0. The molecule has 0 saturated carbocycles. The molecule has 0 bridgehead atoms. The van der Waals surface area contributed by atoms with E-state index >= 15 is 0 Å². The fraction of sp³-hybridized carbons (Fsp3) is 0.615. The molecular formula is C13H18N2O6Se. The van der Waals surface area contributed by atoms with Crippen LogP contribution in [0.1, 0.15) is 40.9 Å². The molecule has 1 amide bonds. The molecule has 0 unspecified atom stereocenters. The molecule has 1 aliphatic heterocycles. The first-order chi connectivity index (χ1) is 10.4. The van der Waals surface area contributed by atoms with Crippen LogP contribution in [-0.4, -0.2) is 70.9 Å². The van der Waals surface area contributed by atoms with Crippen molar-refractivity contribution in [3.05, 3.63) is 15.2 Å². The van der Waals surface area contributed by atoms with Gasteiger partial charge in [-0.1, -0.05) is 0 Å². The zero-order valence-electron chi connectivity index (χ0n) is 11.9. The number of hydrogen-bond acceptors (Lipinski definition) is 7. The van der Waals surface area contributed by atoms with Crippen LogP contribution in [0.4, 0.5) is 0 Å². The Bertz CT molecular complexity index is 577. The molecule has 122 valence electrons. The van der Waals surface area contributed by atoms with Crippen molar-refractivity contribution in [2.45, 2.75) is 43.7 Å². The Kier molecular flexibility index (Phi) is 5.16. The van der Waals surface area contributed by atoms with Gasteiger partial charge in [-0.15, -0.1) is 0 Å². The minimum absolute atomic E-state index is 0.0471. The summed E-state index contributed by atoms with van der Waals surface area (Å²) in [5, 5.41) is 30.2. The normalized spacial score (nSPS) is 31.4. The van der Waals surface area contributed by atoms with Gasteiger partial charge in [-0.2, -0.15) is 0 Å². The molecule has 2 rings (SSSR count). The third-order valence-corrected chi connectivity index (χ3v) is 5.48. The van der Waals surface area contributed by atoms with Crippen LogP contribution in [0.3, 0.4) is 0 Å². The molecule has 4 atom stereocenters. The first kappa shape index (κ1) is 17.3. The number of aliphatic hydroxyl groups is 3. The summed E-state index contributed by atoms with van der Waals surface area (Å²) in [6.45, 7) is 1.22. The Morgan fingerprint density at radius 1 is 1.55 bits per heavy atom. The number of rotatable bonds is 6. The molecule has 0 aliphatic carbocycles. The molecule has 0 spiro atoms.